The van der Waals surface area contributed by atoms with Gasteiger partial charge in [-0.2, -0.15) is 0 Å². The molecule has 3 aromatic rings. The third-order valence-corrected chi connectivity index (χ3v) is 3.97. The molecule has 18 heavy (non-hydrogen) atoms. The number of hydrogen-bond donors (Lipinski definition) is 1. The molecule has 0 amide bonds. The van der Waals surface area contributed by atoms with Gasteiger partial charge in [-0.15, -0.1) is 0 Å². The summed E-state index contributed by atoms with van der Waals surface area (Å²) < 4.78 is 0.725. The predicted molar refractivity (Wildman–Crippen MR) is 80.4 cm³/mol. The molecule has 4 nitrogen and oxygen atoms in total. The molecule has 0 fully saturated rings. The maximum atomic E-state index is 4.46. The zero-order valence-electron chi connectivity index (χ0n) is 9.30. The third-order valence-electron chi connectivity index (χ3n) is 2.44. The van der Waals surface area contributed by atoms with Gasteiger partial charge in [0.15, 0.2) is 9.48 Å². The average Bonchev–Trinajstić information content (AvgIpc) is 2.85. The van der Waals surface area contributed by atoms with E-state index in [2.05, 4.69) is 54.7 Å². The van der Waals surface area contributed by atoms with E-state index >= 15 is 0 Å². The van der Waals surface area contributed by atoms with Gasteiger partial charge in [0, 0.05) is 28.3 Å². The summed E-state index contributed by atoms with van der Waals surface area (Å²) in [5.41, 5.74) is 2.92. The number of fused-ring (bicyclic) bond motifs is 1. The summed E-state index contributed by atoms with van der Waals surface area (Å²) in [6.45, 7) is 0. The van der Waals surface area contributed by atoms with Crippen LogP contribution in [0.3, 0.4) is 0 Å². The number of hydrogen-bond acceptors (Lipinski definition) is 4. The van der Waals surface area contributed by atoms with E-state index in [0.29, 0.717) is 0 Å². The van der Waals surface area contributed by atoms with Crippen molar-refractivity contribution in [1.82, 2.24) is 19.9 Å². The Balaban J connectivity index is 1.88. The molecule has 0 atom stereocenters. The van der Waals surface area contributed by atoms with Crippen molar-refractivity contribution in [2.45, 2.75) is 10.8 Å². The van der Waals surface area contributed by atoms with Gasteiger partial charge in [0.2, 0.25) is 0 Å². The Morgan fingerprint density at radius 1 is 1.17 bits per heavy atom. The molecule has 0 saturated carbocycles. The number of thioether (sulfide) groups is 1. The molecule has 0 aliphatic heterocycles. The van der Waals surface area contributed by atoms with Crippen LogP contribution >= 0.6 is 34.4 Å². The minimum Gasteiger partial charge on any atom is -0.341 e. The van der Waals surface area contributed by atoms with Gasteiger partial charge in [-0.1, -0.05) is 42.1 Å². The standard InChI is InChI=1S/C12H9IN4S/c13-12-16-10-9(14-7-15-10)11(17-12)18-6-8-4-2-1-3-5-8/h1-5,7H,6H2,(H,14,15,16,17). The summed E-state index contributed by atoms with van der Waals surface area (Å²) >= 11 is 3.81. The van der Waals surface area contributed by atoms with Crippen molar-refractivity contribution in [3.05, 3.63) is 46.1 Å². The number of nitrogens with zero attached hydrogens (tertiary/aromatic N) is 3. The van der Waals surface area contributed by atoms with E-state index in [1.54, 1.807) is 18.1 Å². The summed E-state index contributed by atoms with van der Waals surface area (Å²) in [7, 11) is 0. The van der Waals surface area contributed by atoms with Gasteiger partial charge < -0.3 is 4.98 Å². The molecule has 0 unspecified atom stereocenters. The van der Waals surface area contributed by atoms with Crippen LogP contribution in [-0.4, -0.2) is 19.9 Å². The molecule has 90 valence electrons. The molecule has 1 aromatic carbocycles. The third kappa shape index (κ3) is 2.49. The largest absolute Gasteiger partial charge is 0.341 e. The highest BCUT2D eigenvalue weighted by molar-refractivity contribution is 14.1. The quantitative estimate of drug-likeness (QED) is 0.334. The van der Waals surface area contributed by atoms with Crippen LogP contribution in [0.4, 0.5) is 0 Å². The van der Waals surface area contributed by atoms with Gasteiger partial charge >= 0.3 is 0 Å². The van der Waals surface area contributed by atoms with Crippen molar-refractivity contribution in [1.29, 1.82) is 0 Å². The van der Waals surface area contributed by atoms with Crippen molar-refractivity contribution >= 4 is 45.5 Å². The van der Waals surface area contributed by atoms with Crippen LogP contribution in [0, 0.1) is 3.83 Å². The van der Waals surface area contributed by atoms with Crippen molar-refractivity contribution in [2.75, 3.05) is 0 Å². The normalized spacial score (nSPS) is 10.9. The number of benzene rings is 1. The minimum atomic E-state index is 0.725. The molecule has 0 saturated heterocycles. The fourth-order valence-corrected chi connectivity index (χ4v) is 3.19. The SMILES string of the molecule is Ic1nc(SCc2ccccc2)c2[nH]cnc2n1. The van der Waals surface area contributed by atoms with Crippen LogP contribution in [0.5, 0.6) is 0 Å². The second-order valence-electron chi connectivity index (χ2n) is 3.67. The minimum absolute atomic E-state index is 0.725. The van der Waals surface area contributed by atoms with Gasteiger partial charge in [-0.05, 0) is 5.56 Å². The van der Waals surface area contributed by atoms with Crippen LogP contribution in [-0.2, 0) is 5.75 Å². The lowest BCUT2D eigenvalue weighted by Crippen LogP contribution is -1.92. The summed E-state index contributed by atoms with van der Waals surface area (Å²) in [6.07, 6.45) is 1.65. The van der Waals surface area contributed by atoms with E-state index in [9.17, 15) is 0 Å². The lowest BCUT2D eigenvalue weighted by molar-refractivity contribution is 1.04. The number of aromatic amines is 1. The van der Waals surface area contributed by atoms with Crippen LogP contribution in [0.25, 0.3) is 11.2 Å². The van der Waals surface area contributed by atoms with Gasteiger partial charge in [0.05, 0.1) is 6.33 Å². The van der Waals surface area contributed by atoms with Gasteiger partial charge in [-0.3, -0.25) is 0 Å². The van der Waals surface area contributed by atoms with Crippen molar-refractivity contribution < 1.29 is 0 Å². The predicted octanol–water partition coefficient (Wildman–Crippen LogP) is 3.25. The van der Waals surface area contributed by atoms with Crippen molar-refractivity contribution in [3.63, 3.8) is 0 Å². The van der Waals surface area contributed by atoms with Crippen LogP contribution < -0.4 is 0 Å². The van der Waals surface area contributed by atoms with Crippen LogP contribution in [0.2, 0.25) is 0 Å². The number of nitrogens with one attached hydrogen (secondary N) is 1. The number of aromatic nitrogens is 4. The first kappa shape index (κ1) is 11.9. The lowest BCUT2D eigenvalue weighted by atomic mass is 10.2. The summed E-state index contributed by atoms with van der Waals surface area (Å²) in [5.74, 6) is 0.891. The molecule has 6 heteroatoms. The molecule has 2 heterocycles. The van der Waals surface area contributed by atoms with E-state index in [4.69, 9.17) is 0 Å². The highest BCUT2D eigenvalue weighted by Crippen LogP contribution is 2.26. The number of imidazole rings is 1. The Hall–Kier alpha value is -1.15. The summed E-state index contributed by atoms with van der Waals surface area (Å²) in [5, 5.41) is 0.950. The van der Waals surface area contributed by atoms with E-state index in [-0.39, 0.29) is 0 Å². The lowest BCUT2D eigenvalue weighted by Gasteiger charge is -2.02. The van der Waals surface area contributed by atoms with Crippen LogP contribution in [0.1, 0.15) is 5.56 Å². The Kier molecular flexibility index (Phi) is 3.46. The Labute approximate surface area is 122 Å². The van der Waals surface area contributed by atoms with Crippen molar-refractivity contribution in [2.24, 2.45) is 0 Å². The van der Waals surface area contributed by atoms with Crippen molar-refractivity contribution in [3.8, 4) is 0 Å². The van der Waals surface area contributed by atoms with Gasteiger partial charge in [0.25, 0.3) is 0 Å². The molecule has 0 aliphatic rings. The van der Waals surface area contributed by atoms with E-state index in [0.717, 1.165) is 25.8 Å². The molecular formula is C12H9IN4S. The maximum absolute atomic E-state index is 4.46. The maximum Gasteiger partial charge on any atom is 0.193 e. The molecule has 0 aliphatic carbocycles. The summed E-state index contributed by atoms with van der Waals surface area (Å²) in [6, 6.07) is 10.3. The van der Waals surface area contributed by atoms with Crippen LogP contribution in [0.15, 0.2) is 41.7 Å². The molecule has 0 radical (unpaired) electrons. The Bertz CT molecular complexity index is 668. The van der Waals surface area contributed by atoms with Gasteiger partial charge in [0.1, 0.15) is 10.5 Å². The first-order valence-electron chi connectivity index (χ1n) is 5.36. The zero-order chi connectivity index (χ0) is 12.4. The number of rotatable bonds is 3. The summed E-state index contributed by atoms with van der Waals surface area (Å²) in [4.78, 5) is 16.0. The smallest absolute Gasteiger partial charge is 0.193 e. The number of H-pyrrole nitrogens is 1. The second kappa shape index (κ2) is 5.23. The topological polar surface area (TPSA) is 54.5 Å². The van der Waals surface area contributed by atoms with E-state index < -0.39 is 0 Å². The zero-order valence-corrected chi connectivity index (χ0v) is 12.3. The number of halogens is 1. The fraction of sp³-hybridized carbons (Fsp3) is 0.0833. The Morgan fingerprint density at radius 3 is 2.83 bits per heavy atom. The first-order chi connectivity index (χ1) is 8.83. The first-order valence-corrected chi connectivity index (χ1v) is 7.43. The fourth-order valence-electron chi connectivity index (χ4n) is 1.61. The highest BCUT2D eigenvalue weighted by Gasteiger charge is 2.09. The monoisotopic (exact) mass is 368 g/mol. The average molecular weight is 368 g/mol. The van der Waals surface area contributed by atoms with Gasteiger partial charge in [-0.25, -0.2) is 15.0 Å². The molecule has 0 bridgehead atoms. The highest BCUT2D eigenvalue weighted by atomic mass is 127. The van der Waals surface area contributed by atoms with E-state index in [1.165, 1.54) is 5.56 Å². The second-order valence-corrected chi connectivity index (χ2v) is 5.60. The molecule has 0 spiro atoms. The molecule has 3 rings (SSSR count). The molecular weight excluding hydrogens is 359 g/mol. The Morgan fingerprint density at radius 2 is 2.00 bits per heavy atom. The molecule has 1 N–H and O–H groups in total. The molecule has 2 aromatic heterocycles. The van der Waals surface area contributed by atoms with E-state index in [1.807, 2.05) is 18.2 Å².